The molecule has 13 nitrogen and oxygen atoms in total. The molecule has 0 saturated heterocycles. The number of nitrogens with two attached hydrogens (primary N) is 2. The van der Waals surface area contributed by atoms with Crippen LogP contribution < -0.4 is 16.1 Å². The van der Waals surface area contributed by atoms with Gasteiger partial charge in [0.1, 0.15) is 5.82 Å². The number of phosphoric ester groups is 1. The van der Waals surface area contributed by atoms with E-state index in [1.807, 2.05) is 0 Å². The van der Waals surface area contributed by atoms with Crippen LogP contribution in [0.2, 0.25) is 0 Å². The maximum absolute atomic E-state index is 14.8. The lowest BCUT2D eigenvalue weighted by molar-refractivity contribution is 0.138. The van der Waals surface area contributed by atoms with Crippen molar-refractivity contribution in [2.75, 3.05) is 24.8 Å². The van der Waals surface area contributed by atoms with Gasteiger partial charge < -0.3 is 16.0 Å². The molecule has 16 heteroatoms. The molecule has 0 spiro atoms. The number of halogens is 1. The van der Waals surface area contributed by atoms with E-state index in [1.54, 1.807) is 0 Å². The standard InChI is InChI=1S/C17H16FN6O7PS/c1-29-32(25,26)31-24-7-8(5-22-24)10-6-21-15(14-16(10)30-23-17(14)20)9-3-13(33(2,27)28)12(19)4-11(9)18/h3-7H,19H2,1-2H3,(H2,20,23)(H,25,26). The molecule has 1 aromatic carbocycles. The van der Waals surface area contributed by atoms with Crippen molar-refractivity contribution in [1.29, 1.82) is 0 Å². The second-order valence-electron chi connectivity index (χ2n) is 6.80. The molecule has 4 rings (SSSR count). The van der Waals surface area contributed by atoms with E-state index in [0.29, 0.717) is 10.4 Å². The van der Waals surface area contributed by atoms with Gasteiger partial charge in [0, 0.05) is 36.3 Å². The number of anilines is 2. The molecule has 5 N–H and O–H groups in total. The molecule has 33 heavy (non-hydrogen) atoms. The molecule has 0 amide bonds. The highest BCUT2D eigenvalue weighted by Gasteiger charge is 2.25. The van der Waals surface area contributed by atoms with Gasteiger partial charge in [-0.2, -0.15) is 0 Å². The third-order valence-electron chi connectivity index (χ3n) is 4.57. The van der Waals surface area contributed by atoms with Gasteiger partial charge in [-0.25, -0.2) is 17.4 Å². The van der Waals surface area contributed by atoms with Crippen molar-refractivity contribution in [1.82, 2.24) is 20.1 Å². The fourth-order valence-corrected chi connectivity index (χ4v) is 4.26. The number of pyridine rings is 1. The minimum atomic E-state index is -4.37. The Morgan fingerprint density at radius 2 is 1.97 bits per heavy atom. The number of phosphoric acid groups is 1. The van der Waals surface area contributed by atoms with Gasteiger partial charge in [0.05, 0.1) is 34.1 Å². The van der Waals surface area contributed by atoms with Crippen LogP contribution in [0, 0.1) is 5.82 Å². The van der Waals surface area contributed by atoms with Crippen molar-refractivity contribution in [3.63, 3.8) is 0 Å². The third-order valence-corrected chi connectivity index (χ3v) is 6.55. The first-order valence-corrected chi connectivity index (χ1v) is 12.3. The first-order valence-electron chi connectivity index (χ1n) is 8.88. The molecule has 0 saturated carbocycles. The van der Waals surface area contributed by atoms with Gasteiger partial charge in [-0.3, -0.25) is 19.0 Å². The summed E-state index contributed by atoms with van der Waals surface area (Å²) in [6.45, 7) is 0. The van der Waals surface area contributed by atoms with Crippen molar-refractivity contribution >= 4 is 40.1 Å². The van der Waals surface area contributed by atoms with Gasteiger partial charge in [0.25, 0.3) is 0 Å². The number of hydrogen-bond donors (Lipinski definition) is 3. The molecule has 1 unspecified atom stereocenters. The average molecular weight is 498 g/mol. The summed E-state index contributed by atoms with van der Waals surface area (Å²) < 4.78 is 64.8. The monoisotopic (exact) mass is 498 g/mol. The highest BCUT2D eigenvalue weighted by molar-refractivity contribution is 7.90. The second-order valence-corrected chi connectivity index (χ2v) is 10.2. The van der Waals surface area contributed by atoms with Crippen molar-refractivity contribution < 1.29 is 35.9 Å². The van der Waals surface area contributed by atoms with Crippen LogP contribution in [-0.4, -0.2) is 46.8 Å². The summed E-state index contributed by atoms with van der Waals surface area (Å²) in [7, 11) is -7.14. The van der Waals surface area contributed by atoms with Crippen molar-refractivity contribution in [3.8, 4) is 22.4 Å². The zero-order valence-corrected chi connectivity index (χ0v) is 18.7. The average Bonchev–Trinajstić information content (AvgIpc) is 3.33. The Morgan fingerprint density at radius 3 is 2.64 bits per heavy atom. The van der Waals surface area contributed by atoms with E-state index in [1.165, 1.54) is 18.6 Å². The van der Waals surface area contributed by atoms with Gasteiger partial charge >= 0.3 is 7.82 Å². The van der Waals surface area contributed by atoms with Crippen LogP contribution >= 0.6 is 7.82 Å². The number of benzene rings is 1. The van der Waals surface area contributed by atoms with Crippen LogP contribution in [0.4, 0.5) is 15.9 Å². The van der Waals surface area contributed by atoms with Crippen molar-refractivity contribution in [2.24, 2.45) is 0 Å². The Kier molecular flexibility index (Phi) is 5.36. The van der Waals surface area contributed by atoms with E-state index >= 15 is 0 Å². The lowest BCUT2D eigenvalue weighted by atomic mass is 10.0. The summed E-state index contributed by atoms with van der Waals surface area (Å²) in [6, 6.07) is 1.94. The van der Waals surface area contributed by atoms with Gasteiger partial charge in [0.15, 0.2) is 21.2 Å². The Bertz CT molecular complexity index is 1550. The van der Waals surface area contributed by atoms with Crippen LogP contribution in [0.15, 0.2) is 40.1 Å². The predicted molar refractivity (Wildman–Crippen MR) is 114 cm³/mol. The molecule has 3 aromatic heterocycles. The molecule has 0 aliphatic heterocycles. The van der Waals surface area contributed by atoms with Gasteiger partial charge in [-0.1, -0.05) is 10.0 Å². The van der Waals surface area contributed by atoms with E-state index in [9.17, 15) is 22.3 Å². The molecule has 0 fully saturated rings. The first-order chi connectivity index (χ1) is 15.4. The Balaban J connectivity index is 1.88. The molecule has 0 aliphatic carbocycles. The Labute approximate surface area is 185 Å². The summed E-state index contributed by atoms with van der Waals surface area (Å²) in [6.07, 6.45) is 4.74. The third kappa shape index (κ3) is 4.14. The fraction of sp³-hybridized carbons (Fsp3) is 0.118. The second kappa shape index (κ2) is 7.81. The number of rotatable bonds is 6. The minimum absolute atomic E-state index is 0.0298. The number of nitrogen functional groups attached to an aromatic ring is 2. The summed E-state index contributed by atoms with van der Waals surface area (Å²) in [4.78, 5) is 14.1. The van der Waals surface area contributed by atoms with Crippen LogP contribution in [0.3, 0.4) is 0 Å². The van der Waals surface area contributed by atoms with E-state index in [2.05, 4.69) is 19.8 Å². The Morgan fingerprint density at radius 1 is 1.24 bits per heavy atom. The maximum Gasteiger partial charge on any atom is 0.547 e. The highest BCUT2D eigenvalue weighted by Crippen LogP contribution is 2.40. The lowest BCUT2D eigenvalue weighted by Crippen LogP contribution is -2.09. The number of hydrogen-bond acceptors (Lipinski definition) is 11. The summed E-state index contributed by atoms with van der Waals surface area (Å²) >= 11 is 0. The SMILES string of the molecule is COP(=O)(O)On1cc(-c2cnc(-c3cc(S(C)(=O)=O)c(N)cc3F)c3c(N)noc23)cn1. The molecular weight excluding hydrogens is 482 g/mol. The van der Waals surface area contributed by atoms with Gasteiger partial charge in [0.2, 0.25) is 0 Å². The summed E-state index contributed by atoms with van der Waals surface area (Å²) in [5.74, 6) is -0.962. The van der Waals surface area contributed by atoms with Crippen LogP contribution in [0.25, 0.3) is 33.4 Å². The Hall–Kier alpha value is -3.52. The molecule has 0 bridgehead atoms. The van der Waals surface area contributed by atoms with Crippen molar-refractivity contribution in [3.05, 3.63) is 36.5 Å². The molecular formula is C17H16FN6O7PS. The maximum atomic E-state index is 14.8. The van der Waals surface area contributed by atoms with Crippen LogP contribution in [-0.2, 0) is 18.9 Å². The highest BCUT2D eigenvalue weighted by atomic mass is 32.2. The van der Waals surface area contributed by atoms with Crippen LogP contribution in [0.5, 0.6) is 0 Å². The topological polar surface area (TPSA) is 199 Å². The van der Waals surface area contributed by atoms with E-state index < -0.39 is 23.5 Å². The molecule has 1 atom stereocenters. The molecule has 174 valence electrons. The predicted octanol–water partition coefficient (Wildman–Crippen LogP) is 1.64. The molecule has 4 aromatic rings. The fourth-order valence-electron chi connectivity index (χ4n) is 3.08. The summed E-state index contributed by atoms with van der Waals surface area (Å²) in [5.41, 5.74) is 11.8. The largest absolute Gasteiger partial charge is 0.547 e. The number of aromatic nitrogens is 4. The zero-order chi connectivity index (χ0) is 24.1. The quantitative estimate of drug-likeness (QED) is 0.197. The number of nitrogens with zero attached hydrogens (tertiary/aromatic N) is 4. The summed E-state index contributed by atoms with van der Waals surface area (Å²) in [5, 5.41) is 7.61. The van der Waals surface area contributed by atoms with Crippen molar-refractivity contribution in [2.45, 2.75) is 4.90 Å². The van der Waals surface area contributed by atoms with Gasteiger partial charge in [-0.15, -0.1) is 5.10 Å². The van der Waals surface area contributed by atoms with E-state index in [0.717, 1.165) is 25.5 Å². The molecule has 0 radical (unpaired) electrons. The van der Waals surface area contributed by atoms with E-state index in [-0.39, 0.29) is 44.2 Å². The normalized spacial score (nSPS) is 13.8. The molecule has 3 heterocycles. The number of sulfone groups is 1. The lowest BCUT2D eigenvalue weighted by Gasteiger charge is -2.10. The first kappa shape index (κ1) is 22.7. The zero-order valence-electron chi connectivity index (χ0n) is 17.0. The molecule has 0 aliphatic rings. The van der Waals surface area contributed by atoms with Gasteiger partial charge in [-0.05, 0) is 12.1 Å². The van der Waals surface area contributed by atoms with Crippen LogP contribution in [0.1, 0.15) is 0 Å². The number of fused-ring (bicyclic) bond motifs is 1. The smallest absolute Gasteiger partial charge is 0.398 e. The van der Waals surface area contributed by atoms with E-state index in [4.69, 9.17) is 20.6 Å². The minimum Gasteiger partial charge on any atom is -0.398 e.